The summed E-state index contributed by atoms with van der Waals surface area (Å²) in [6.45, 7) is 0.183. The number of H-pyrrole nitrogens is 1. The molecule has 7 nitrogen and oxygen atoms in total. The number of nitrogens with one attached hydrogen (secondary N) is 3. The van der Waals surface area contributed by atoms with Crippen LogP contribution in [0.2, 0.25) is 0 Å². The molecule has 0 saturated heterocycles. The number of pyridine rings is 1. The Labute approximate surface area is 180 Å². The number of ether oxygens (including phenoxy) is 1. The van der Waals surface area contributed by atoms with Crippen LogP contribution in [0.1, 0.15) is 27.2 Å². The van der Waals surface area contributed by atoms with E-state index in [4.69, 9.17) is 15.9 Å². The molecule has 3 aromatic rings. The summed E-state index contributed by atoms with van der Waals surface area (Å²) >= 11 is 0. The van der Waals surface area contributed by atoms with Crippen LogP contribution < -0.4 is 21.3 Å². The van der Waals surface area contributed by atoms with Crippen LogP contribution in [0, 0.1) is 5.41 Å². The lowest BCUT2D eigenvalue weighted by atomic mass is 10.0. The van der Waals surface area contributed by atoms with Crippen LogP contribution in [0.5, 0.6) is 5.75 Å². The minimum atomic E-state index is -4.84. The third-order valence-electron chi connectivity index (χ3n) is 4.70. The number of hydrogen-bond donors (Lipinski definition) is 4. The Balaban J connectivity index is 1.87. The fourth-order valence-electron chi connectivity index (χ4n) is 3.11. The first-order valence-electron chi connectivity index (χ1n) is 9.32. The van der Waals surface area contributed by atoms with Gasteiger partial charge in [0.25, 0.3) is 11.5 Å². The first kappa shape index (κ1) is 22.6. The summed E-state index contributed by atoms with van der Waals surface area (Å²) in [6.07, 6.45) is -3.63. The first-order chi connectivity index (χ1) is 15.1. The average Bonchev–Trinajstić information content (AvgIpc) is 2.76. The molecular weight excluding hydrogens is 425 g/mol. The highest BCUT2D eigenvalue weighted by molar-refractivity contribution is 5.94. The number of carbonyl (C=O) groups excluding carboxylic acids is 1. The molecule has 2 aromatic carbocycles. The Hall–Kier alpha value is -4.08. The highest BCUT2D eigenvalue weighted by Crippen LogP contribution is 2.35. The quantitative estimate of drug-likeness (QED) is 0.415. The molecule has 5 N–H and O–H groups in total. The van der Waals surface area contributed by atoms with Gasteiger partial charge in [0.15, 0.2) is 0 Å². The maximum atomic E-state index is 13.4. The standard InChI is InChI=1S/C22H19F3N4O3/c1-28-18-7-2-12(8-14(18)10-26)11-32-15-5-3-13(4-6-15)16-9-17(20(27)30)21(31)29-19(16)22(23,24)25/h2-10,26,28H,11H2,1H3,(H2,27,30)(H,29,31). The molecule has 0 fully saturated rings. The number of benzene rings is 2. The molecule has 3 rings (SSSR count). The largest absolute Gasteiger partial charge is 0.489 e. The van der Waals surface area contributed by atoms with Gasteiger partial charge < -0.3 is 26.2 Å². The number of rotatable bonds is 7. The molecule has 1 aromatic heterocycles. The van der Waals surface area contributed by atoms with E-state index in [0.717, 1.165) is 17.3 Å². The lowest BCUT2D eigenvalue weighted by molar-refractivity contribution is -0.140. The van der Waals surface area contributed by atoms with E-state index < -0.39 is 28.9 Å². The maximum Gasteiger partial charge on any atom is 0.431 e. The van der Waals surface area contributed by atoms with Gasteiger partial charge in [0.1, 0.15) is 23.6 Å². The average molecular weight is 444 g/mol. The molecule has 0 radical (unpaired) electrons. The van der Waals surface area contributed by atoms with Crippen molar-refractivity contribution in [2.24, 2.45) is 5.73 Å². The van der Waals surface area contributed by atoms with Crippen LogP contribution in [0.3, 0.4) is 0 Å². The second kappa shape index (κ2) is 8.96. The van der Waals surface area contributed by atoms with Crippen LogP contribution in [0.15, 0.2) is 53.3 Å². The minimum Gasteiger partial charge on any atom is -0.489 e. The summed E-state index contributed by atoms with van der Waals surface area (Å²) in [6, 6.07) is 12.0. The van der Waals surface area contributed by atoms with Crippen molar-refractivity contribution >= 4 is 17.8 Å². The number of primary amides is 1. The number of hydrogen-bond acceptors (Lipinski definition) is 5. The lowest BCUT2D eigenvalue weighted by Gasteiger charge is -2.14. The molecule has 0 saturated carbocycles. The number of amides is 1. The van der Waals surface area contributed by atoms with Gasteiger partial charge in [-0.3, -0.25) is 9.59 Å². The molecule has 1 heterocycles. The number of halogens is 3. The Morgan fingerprint density at radius 3 is 2.44 bits per heavy atom. The van der Waals surface area contributed by atoms with E-state index in [2.05, 4.69) is 5.32 Å². The van der Waals surface area contributed by atoms with Crippen molar-refractivity contribution in [1.29, 1.82) is 5.41 Å². The molecule has 0 aliphatic rings. The van der Waals surface area contributed by atoms with Gasteiger partial charge in [-0.15, -0.1) is 0 Å². The van der Waals surface area contributed by atoms with E-state index in [1.54, 1.807) is 18.1 Å². The third-order valence-corrected chi connectivity index (χ3v) is 4.70. The van der Waals surface area contributed by atoms with Gasteiger partial charge in [0.2, 0.25) is 0 Å². The summed E-state index contributed by atoms with van der Waals surface area (Å²) < 4.78 is 45.9. The van der Waals surface area contributed by atoms with Gasteiger partial charge in [0.05, 0.1) is 0 Å². The van der Waals surface area contributed by atoms with Crippen molar-refractivity contribution < 1.29 is 22.7 Å². The second-order valence-corrected chi connectivity index (χ2v) is 6.79. The predicted molar refractivity (Wildman–Crippen MR) is 114 cm³/mol. The summed E-state index contributed by atoms with van der Waals surface area (Å²) in [4.78, 5) is 24.9. The van der Waals surface area contributed by atoms with Crippen molar-refractivity contribution in [3.8, 4) is 16.9 Å². The van der Waals surface area contributed by atoms with Gasteiger partial charge in [-0.1, -0.05) is 18.2 Å². The number of aromatic nitrogens is 1. The molecule has 166 valence electrons. The third kappa shape index (κ3) is 4.80. The first-order valence-corrected chi connectivity index (χ1v) is 9.32. The number of aromatic amines is 1. The normalized spacial score (nSPS) is 11.1. The fourth-order valence-corrected chi connectivity index (χ4v) is 3.11. The summed E-state index contributed by atoms with van der Waals surface area (Å²) in [5.74, 6) is -0.731. The Morgan fingerprint density at radius 1 is 1.19 bits per heavy atom. The highest BCUT2D eigenvalue weighted by atomic mass is 19.4. The summed E-state index contributed by atoms with van der Waals surface area (Å²) in [5, 5.41) is 10.4. The van der Waals surface area contributed by atoms with E-state index in [9.17, 15) is 22.8 Å². The molecule has 32 heavy (non-hydrogen) atoms. The second-order valence-electron chi connectivity index (χ2n) is 6.79. The fraction of sp³-hybridized carbons (Fsp3) is 0.136. The molecule has 0 aliphatic carbocycles. The Morgan fingerprint density at radius 2 is 1.88 bits per heavy atom. The number of anilines is 1. The van der Waals surface area contributed by atoms with Gasteiger partial charge in [-0.05, 0) is 41.5 Å². The SMILES string of the molecule is CNc1ccc(COc2ccc(-c3cc(C(N)=O)c(=O)[nH]c3C(F)(F)F)cc2)cc1C=N. The Bertz CT molecular complexity index is 1220. The van der Waals surface area contributed by atoms with E-state index in [1.807, 2.05) is 12.1 Å². The van der Waals surface area contributed by atoms with E-state index in [-0.39, 0.29) is 17.7 Å². The van der Waals surface area contributed by atoms with Crippen LogP contribution in [0.25, 0.3) is 11.1 Å². The van der Waals surface area contributed by atoms with Gasteiger partial charge in [0, 0.05) is 30.1 Å². The smallest absolute Gasteiger partial charge is 0.431 e. The van der Waals surface area contributed by atoms with Crippen molar-refractivity contribution in [1.82, 2.24) is 4.98 Å². The molecule has 0 aliphatic heterocycles. The zero-order chi connectivity index (χ0) is 23.5. The van der Waals surface area contributed by atoms with E-state index >= 15 is 0 Å². The molecule has 10 heteroatoms. The molecular formula is C22H19F3N4O3. The van der Waals surface area contributed by atoms with Crippen molar-refractivity contribution in [3.05, 3.63) is 81.3 Å². The molecule has 0 bridgehead atoms. The number of alkyl halides is 3. The van der Waals surface area contributed by atoms with Gasteiger partial charge in [-0.2, -0.15) is 13.2 Å². The van der Waals surface area contributed by atoms with Crippen molar-refractivity contribution in [2.45, 2.75) is 12.8 Å². The monoisotopic (exact) mass is 444 g/mol. The summed E-state index contributed by atoms with van der Waals surface area (Å²) in [7, 11) is 1.75. The van der Waals surface area contributed by atoms with Gasteiger partial charge in [-0.25, -0.2) is 0 Å². The summed E-state index contributed by atoms with van der Waals surface area (Å²) in [5.41, 5.74) is 4.08. The predicted octanol–water partition coefficient (Wildman–Crippen LogP) is 3.78. The molecule has 0 atom stereocenters. The van der Waals surface area contributed by atoms with E-state index in [0.29, 0.717) is 11.3 Å². The molecule has 1 amide bonds. The lowest BCUT2D eigenvalue weighted by Crippen LogP contribution is -2.27. The van der Waals surface area contributed by atoms with Gasteiger partial charge >= 0.3 is 6.18 Å². The zero-order valence-corrected chi connectivity index (χ0v) is 16.8. The number of carbonyl (C=O) groups is 1. The topological polar surface area (TPSA) is 121 Å². The van der Waals surface area contributed by atoms with Crippen molar-refractivity contribution in [2.75, 3.05) is 12.4 Å². The number of nitrogens with two attached hydrogens (primary N) is 1. The molecule has 0 spiro atoms. The maximum absolute atomic E-state index is 13.4. The minimum absolute atomic E-state index is 0.118. The van der Waals surface area contributed by atoms with Crippen molar-refractivity contribution in [3.63, 3.8) is 0 Å². The van der Waals surface area contributed by atoms with Crippen LogP contribution in [-0.4, -0.2) is 24.2 Å². The van der Waals surface area contributed by atoms with Crippen LogP contribution in [0.4, 0.5) is 18.9 Å². The van der Waals surface area contributed by atoms with Crippen LogP contribution in [-0.2, 0) is 12.8 Å². The van der Waals surface area contributed by atoms with E-state index in [1.165, 1.54) is 30.5 Å². The highest BCUT2D eigenvalue weighted by Gasteiger charge is 2.36. The molecule has 0 unspecified atom stereocenters. The zero-order valence-electron chi connectivity index (χ0n) is 16.8. The van der Waals surface area contributed by atoms with Crippen LogP contribution >= 0.6 is 0 Å². The Kier molecular flexibility index (Phi) is 6.33.